The van der Waals surface area contributed by atoms with Crippen molar-refractivity contribution in [3.63, 3.8) is 0 Å². The molecule has 2 saturated heterocycles. The van der Waals surface area contributed by atoms with E-state index >= 15 is 0 Å². The summed E-state index contributed by atoms with van der Waals surface area (Å²) in [6.07, 6.45) is 0. The molecule has 1 amide bonds. The molecule has 6 nitrogen and oxygen atoms in total. The first-order chi connectivity index (χ1) is 14.3. The molecule has 2 aromatic carbocycles. The number of sulfone groups is 1. The Kier molecular flexibility index (Phi) is 5.59. The molecule has 160 valence electrons. The number of hydrogen-bond acceptors (Lipinski definition) is 5. The van der Waals surface area contributed by atoms with Crippen molar-refractivity contribution in [1.82, 2.24) is 4.90 Å². The summed E-state index contributed by atoms with van der Waals surface area (Å²) < 4.78 is 30.6. The summed E-state index contributed by atoms with van der Waals surface area (Å²) in [4.78, 5) is 16.9. The van der Waals surface area contributed by atoms with Crippen LogP contribution in [-0.4, -0.2) is 56.5 Å². The Hall–Kier alpha value is -2.38. The summed E-state index contributed by atoms with van der Waals surface area (Å²) in [5.41, 5.74) is 2.91. The second kappa shape index (κ2) is 8.04. The van der Waals surface area contributed by atoms with Crippen molar-refractivity contribution in [2.24, 2.45) is 0 Å². The second-order valence-electron chi connectivity index (χ2n) is 8.44. The average molecular weight is 429 g/mol. The topological polar surface area (TPSA) is 66.9 Å². The molecule has 30 heavy (non-hydrogen) atoms. The third-order valence-electron chi connectivity index (χ3n) is 6.11. The fourth-order valence-corrected chi connectivity index (χ4v) is 6.52. The summed E-state index contributed by atoms with van der Waals surface area (Å²) in [6, 6.07) is 15.0. The van der Waals surface area contributed by atoms with Crippen molar-refractivity contribution in [3.05, 3.63) is 59.7 Å². The van der Waals surface area contributed by atoms with Gasteiger partial charge >= 0.3 is 0 Å². The number of fused-ring (bicyclic) bond motifs is 1. The van der Waals surface area contributed by atoms with Gasteiger partial charge in [0.05, 0.1) is 31.2 Å². The van der Waals surface area contributed by atoms with Gasteiger partial charge in [0.25, 0.3) is 0 Å². The Morgan fingerprint density at radius 1 is 1.03 bits per heavy atom. The molecular weight excluding hydrogens is 400 g/mol. The van der Waals surface area contributed by atoms with E-state index in [0.29, 0.717) is 12.5 Å². The summed E-state index contributed by atoms with van der Waals surface area (Å²) in [7, 11) is -1.61. The number of hydrogen-bond donors (Lipinski definition) is 0. The lowest BCUT2D eigenvalue weighted by Crippen LogP contribution is -2.61. The second-order valence-corrected chi connectivity index (χ2v) is 10.6. The summed E-state index contributed by atoms with van der Waals surface area (Å²) in [5.74, 6) is 1.14. The summed E-state index contributed by atoms with van der Waals surface area (Å²) in [6.45, 7) is 4.90. The van der Waals surface area contributed by atoms with Gasteiger partial charge in [-0.3, -0.25) is 9.69 Å². The maximum Gasteiger partial charge on any atom is 0.241 e. The number of carbonyl (C=O) groups excluding carboxylic acids is 1. The molecule has 0 N–H and O–H groups in total. The maximum absolute atomic E-state index is 13.2. The zero-order valence-electron chi connectivity index (χ0n) is 17.6. The molecule has 2 aliphatic heterocycles. The molecular formula is C23H28N2O4S. The third kappa shape index (κ3) is 3.96. The van der Waals surface area contributed by atoms with E-state index in [9.17, 15) is 13.2 Å². The number of piperazine rings is 1. The minimum Gasteiger partial charge on any atom is -0.496 e. The Bertz CT molecular complexity index is 1030. The van der Waals surface area contributed by atoms with Crippen molar-refractivity contribution in [2.75, 3.05) is 30.1 Å². The molecule has 0 aliphatic carbocycles. The molecule has 2 atom stereocenters. The number of methoxy groups -OCH3 is 1. The highest BCUT2D eigenvalue weighted by molar-refractivity contribution is 7.91. The fraction of sp³-hybridized carbons (Fsp3) is 0.435. The molecule has 0 spiro atoms. The lowest BCUT2D eigenvalue weighted by atomic mass is 9.99. The predicted octanol–water partition coefficient (Wildman–Crippen LogP) is 2.83. The lowest BCUT2D eigenvalue weighted by molar-refractivity contribution is -0.123. The molecule has 0 bridgehead atoms. The van der Waals surface area contributed by atoms with Crippen molar-refractivity contribution < 1.29 is 17.9 Å². The van der Waals surface area contributed by atoms with Crippen LogP contribution >= 0.6 is 0 Å². The molecule has 2 aromatic rings. The van der Waals surface area contributed by atoms with Gasteiger partial charge in [-0.2, -0.15) is 0 Å². The summed E-state index contributed by atoms with van der Waals surface area (Å²) >= 11 is 0. The quantitative estimate of drug-likeness (QED) is 0.733. The van der Waals surface area contributed by atoms with Crippen LogP contribution < -0.4 is 9.64 Å². The van der Waals surface area contributed by atoms with E-state index in [4.69, 9.17) is 4.74 Å². The van der Waals surface area contributed by atoms with E-state index in [1.165, 1.54) is 5.56 Å². The van der Waals surface area contributed by atoms with E-state index in [0.717, 1.165) is 17.0 Å². The van der Waals surface area contributed by atoms with Crippen molar-refractivity contribution >= 4 is 21.4 Å². The summed E-state index contributed by atoms with van der Waals surface area (Å²) in [5, 5.41) is 0. The molecule has 0 saturated carbocycles. The van der Waals surface area contributed by atoms with Gasteiger partial charge in [-0.1, -0.05) is 44.2 Å². The molecule has 2 unspecified atom stereocenters. The van der Waals surface area contributed by atoms with Gasteiger partial charge in [0.15, 0.2) is 9.84 Å². The Morgan fingerprint density at radius 2 is 1.70 bits per heavy atom. The number of ether oxygens (including phenoxy) is 1. The molecule has 0 aromatic heterocycles. The van der Waals surface area contributed by atoms with Crippen LogP contribution in [0.3, 0.4) is 0 Å². The van der Waals surface area contributed by atoms with Crippen LogP contribution in [0.2, 0.25) is 0 Å². The van der Waals surface area contributed by atoms with Crippen LogP contribution in [0, 0.1) is 0 Å². The Morgan fingerprint density at radius 3 is 2.37 bits per heavy atom. The van der Waals surface area contributed by atoms with Crippen molar-refractivity contribution in [1.29, 1.82) is 0 Å². The van der Waals surface area contributed by atoms with Gasteiger partial charge < -0.3 is 9.64 Å². The molecule has 0 radical (unpaired) electrons. The van der Waals surface area contributed by atoms with Crippen LogP contribution in [0.4, 0.5) is 5.69 Å². The van der Waals surface area contributed by atoms with Crippen LogP contribution in [0.1, 0.15) is 30.9 Å². The SMILES string of the molecule is COc1ccccc1CN1CC(=O)N(c2ccc(C(C)C)cc2)C2CS(=O)(=O)CC21. The number of amides is 1. The van der Waals surface area contributed by atoms with E-state index in [-0.39, 0.29) is 36.0 Å². The highest BCUT2D eigenvalue weighted by atomic mass is 32.2. The number of nitrogens with zero attached hydrogens (tertiary/aromatic N) is 2. The first-order valence-electron chi connectivity index (χ1n) is 10.3. The van der Waals surface area contributed by atoms with E-state index < -0.39 is 9.84 Å². The first-order valence-corrected chi connectivity index (χ1v) is 12.1. The molecule has 2 fully saturated rings. The van der Waals surface area contributed by atoms with Crippen LogP contribution in [0.15, 0.2) is 48.5 Å². The molecule has 7 heteroatoms. The smallest absolute Gasteiger partial charge is 0.241 e. The average Bonchev–Trinajstić information content (AvgIpc) is 3.03. The minimum atomic E-state index is -3.22. The monoisotopic (exact) mass is 428 g/mol. The molecule has 2 aliphatic rings. The number of benzene rings is 2. The predicted molar refractivity (Wildman–Crippen MR) is 118 cm³/mol. The van der Waals surface area contributed by atoms with Gasteiger partial charge in [0, 0.05) is 23.8 Å². The van der Waals surface area contributed by atoms with E-state index in [1.54, 1.807) is 12.0 Å². The van der Waals surface area contributed by atoms with Gasteiger partial charge in [-0.05, 0) is 29.7 Å². The highest BCUT2D eigenvalue weighted by Gasteiger charge is 2.49. The van der Waals surface area contributed by atoms with Gasteiger partial charge in [0.1, 0.15) is 5.75 Å². The number of carbonyl (C=O) groups is 1. The van der Waals surface area contributed by atoms with Gasteiger partial charge in [-0.25, -0.2) is 8.42 Å². The highest BCUT2D eigenvalue weighted by Crippen LogP contribution is 2.34. The molecule has 4 rings (SSSR count). The number of rotatable bonds is 5. The first kappa shape index (κ1) is 20.9. The third-order valence-corrected chi connectivity index (χ3v) is 7.80. The van der Waals surface area contributed by atoms with Crippen molar-refractivity contribution in [3.8, 4) is 5.75 Å². The van der Waals surface area contributed by atoms with Crippen LogP contribution in [0.5, 0.6) is 5.75 Å². The zero-order valence-corrected chi connectivity index (χ0v) is 18.4. The van der Waals surface area contributed by atoms with Gasteiger partial charge in [0.2, 0.25) is 5.91 Å². The largest absolute Gasteiger partial charge is 0.496 e. The number of anilines is 1. The normalized spacial score (nSPS) is 23.6. The maximum atomic E-state index is 13.2. The van der Waals surface area contributed by atoms with E-state index in [1.807, 2.05) is 53.4 Å². The van der Waals surface area contributed by atoms with Crippen molar-refractivity contribution in [2.45, 2.75) is 38.4 Å². The fourth-order valence-electron chi connectivity index (χ4n) is 4.54. The zero-order chi connectivity index (χ0) is 21.5. The van der Waals surface area contributed by atoms with E-state index in [2.05, 4.69) is 13.8 Å². The number of para-hydroxylation sites is 1. The Labute approximate surface area is 178 Å². The lowest BCUT2D eigenvalue weighted by Gasteiger charge is -2.43. The van der Waals surface area contributed by atoms with Gasteiger partial charge in [-0.15, -0.1) is 0 Å². The standard InChI is InChI=1S/C23H28N2O4S/c1-16(2)17-8-10-19(11-9-17)25-21-15-30(27,28)14-20(21)24(13-23(25)26)12-18-6-4-5-7-22(18)29-3/h4-11,16,20-21H,12-15H2,1-3H3. The molecule has 2 heterocycles. The Balaban J connectivity index is 1.65. The van der Waals surface area contributed by atoms with Crippen LogP contribution in [0.25, 0.3) is 0 Å². The minimum absolute atomic E-state index is 0.00222. The van der Waals surface area contributed by atoms with Crippen LogP contribution in [-0.2, 0) is 21.2 Å².